The molecule has 0 fully saturated rings. The zero-order valence-corrected chi connectivity index (χ0v) is 14.2. The number of nitrogens with zero attached hydrogens (tertiary/aromatic N) is 3. The smallest absolute Gasteiger partial charge is 0.164 e. The Morgan fingerprint density at radius 1 is 1.05 bits per heavy atom. The highest BCUT2D eigenvalue weighted by molar-refractivity contribution is 9.10. The second-order valence-corrected chi connectivity index (χ2v) is 6.07. The summed E-state index contributed by atoms with van der Waals surface area (Å²) in [6.45, 7) is 0. The van der Waals surface area contributed by atoms with E-state index in [0.717, 1.165) is 15.7 Å². The van der Waals surface area contributed by atoms with Crippen LogP contribution in [0, 0.1) is 0 Å². The highest BCUT2D eigenvalue weighted by Crippen LogP contribution is 2.29. The van der Waals surface area contributed by atoms with Crippen LogP contribution in [0.3, 0.4) is 0 Å². The normalized spacial score (nSPS) is 10.5. The summed E-state index contributed by atoms with van der Waals surface area (Å²) in [7, 11) is 0. The predicted molar refractivity (Wildman–Crippen MR) is 92.7 cm³/mol. The third-order valence-corrected chi connectivity index (χ3v) is 3.89. The van der Waals surface area contributed by atoms with Crippen molar-refractivity contribution in [3.8, 4) is 11.4 Å². The lowest BCUT2D eigenvalue weighted by Crippen LogP contribution is -1.98. The first-order valence-electron chi connectivity index (χ1n) is 6.29. The van der Waals surface area contributed by atoms with Gasteiger partial charge in [-0.1, -0.05) is 23.2 Å². The van der Waals surface area contributed by atoms with Crippen molar-refractivity contribution in [2.75, 3.05) is 5.32 Å². The van der Waals surface area contributed by atoms with Gasteiger partial charge in [0.1, 0.15) is 11.0 Å². The summed E-state index contributed by atoms with van der Waals surface area (Å²) in [6.07, 6.45) is 3.38. The monoisotopic (exact) mass is 394 g/mol. The van der Waals surface area contributed by atoms with Crippen LogP contribution in [0.15, 0.2) is 53.3 Å². The van der Waals surface area contributed by atoms with Crippen LogP contribution in [0.5, 0.6) is 0 Å². The predicted octanol–water partition coefficient (Wildman–Crippen LogP) is 5.35. The lowest BCUT2D eigenvalue weighted by atomic mass is 10.2. The van der Waals surface area contributed by atoms with Gasteiger partial charge in [-0.15, -0.1) is 0 Å². The molecule has 0 bridgehead atoms. The van der Waals surface area contributed by atoms with Crippen LogP contribution >= 0.6 is 39.1 Å². The Morgan fingerprint density at radius 3 is 2.64 bits per heavy atom. The minimum Gasteiger partial charge on any atom is -0.339 e. The summed E-state index contributed by atoms with van der Waals surface area (Å²) in [4.78, 5) is 12.7. The molecule has 7 heteroatoms. The van der Waals surface area contributed by atoms with Crippen molar-refractivity contribution in [3.63, 3.8) is 0 Å². The lowest BCUT2D eigenvalue weighted by Gasteiger charge is -2.10. The van der Waals surface area contributed by atoms with Crippen LogP contribution in [-0.4, -0.2) is 15.0 Å². The molecule has 0 radical (unpaired) electrons. The van der Waals surface area contributed by atoms with Gasteiger partial charge in [0.15, 0.2) is 5.82 Å². The standard InChI is InChI=1S/C15H9BrCl2N4/c16-11-6-10(17)3-4-12(11)20-14-7-13(18)21-15(22-14)9-2-1-5-19-8-9/h1-8H,(H,20,21,22). The third kappa shape index (κ3) is 3.55. The van der Waals surface area contributed by atoms with E-state index < -0.39 is 0 Å². The van der Waals surface area contributed by atoms with Crippen molar-refractivity contribution < 1.29 is 0 Å². The Balaban J connectivity index is 1.96. The SMILES string of the molecule is Clc1ccc(Nc2cc(Cl)nc(-c3cccnc3)n2)c(Br)c1. The van der Waals surface area contributed by atoms with Gasteiger partial charge in [-0.2, -0.15) is 0 Å². The minimum atomic E-state index is 0.349. The number of hydrogen-bond donors (Lipinski definition) is 1. The third-order valence-electron chi connectivity index (χ3n) is 2.81. The second-order valence-electron chi connectivity index (χ2n) is 4.39. The maximum Gasteiger partial charge on any atom is 0.164 e. The maximum absolute atomic E-state index is 6.09. The summed E-state index contributed by atoms with van der Waals surface area (Å²) in [5, 5.41) is 4.18. The Kier molecular flexibility index (Phi) is 4.57. The Hall–Kier alpha value is -1.69. The van der Waals surface area contributed by atoms with E-state index in [0.29, 0.717) is 21.8 Å². The molecule has 110 valence electrons. The van der Waals surface area contributed by atoms with E-state index in [1.54, 1.807) is 30.6 Å². The number of benzene rings is 1. The number of nitrogens with one attached hydrogen (secondary N) is 1. The first kappa shape index (κ1) is 15.2. The van der Waals surface area contributed by atoms with Crippen molar-refractivity contribution in [1.29, 1.82) is 0 Å². The maximum atomic E-state index is 6.09. The molecule has 1 N–H and O–H groups in total. The van der Waals surface area contributed by atoms with E-state index in [9.17, 15) is 0 Å². The molecule has 0 spiro atoms. The van der Waals surface area contributed by atoms with Crippen LogP contribution in [0.4, 0.5) is 11.5 Å². The minimum absolute atomic E-state index is 0.349. The Labute approximate surface area is 145 Å². The molecule has 1 aromatic carbocycles. The number of halogens is 3. The summed E-state index contributed by atoms with van der Waals surface area (Å²) in [6, 6.07) is 10.8. The van der Waals surface area contributed by atoms with E-state index in [4.69, 9.17) is 23.2 Å². The molecule has 2 heterocycles. The van der Waals surface area contributed by atoms with E-state index >= 15 is 0 Å². The molecule has 0 saturated carbocycles. The molecule has 0 atom stereocenters. The lowest BCUT2D eigenvalue weighted by molar-refractivity contribution is 1.16. The highest BCUT2D eigenvalue weighted by atomic mass is 79.9. The van der Waals surface area contributed by atoms with Crippen molar-refractivity contribution in [3.05, 3.63) is 63.4 Å². The summed E-state index contributed by atoms with van der Waals surface area (Å²) in [5.41, 5.74) is 1.62. The fraction of sp³-hybridized carbons (Fsp3) is 0. The van der Waals surface area contributed by atoms with Crippen LogP contribution in [-0.2, 0) is 0 Å². The van der Waals surface area contributed by atoms with E-state index in [-0.39, 0.29) is 0 Å². The number of rotatable bonds is 3. The molecule has 0 aliphatic rings. The van der Waals surface area contributed by atoms with E-state index in [2.05, 4.69) is 36.2 Å². The average Bonchev–Trinajstić information content (AvgIpc) is 2.50. The molecule has 0 aliphatic carbocycles. The highest BCUT2D eigenvalue weighted by Gasteiger charge is 2.08. The van der Waals surface area contributed by atoms with Gasteiger partial charge in [-0.05, 0) is 46.3 Å². The molecule has 0 amide bonds. The molecule has 4 nitrogen and oxygen atoms in total. The van der Waals surface area contributed by atoms with Crippen molar-refractivity contribution in [1.82, 2.24) is 15.0 Å². The van der Waals surface area contributed by atoms with Gasteiger partial charge in [-0.25, -0.2) is 9.97 Å². The van der Waals surface area contributed by atoms with Gasteiger partial charge in [0.2, 0.25) is 0 Å². The quantitative estimate of drug-likeness (QED) is 0.607. The number of aromatic nitrogens is 3. The summed E-state index contributed by atoms with van der Waals surface area (Å²) in [5.74, 6) is 1.09. The summed E-state index contributed by atoms with van der Waals surface area (Å²) >= 11 is 15.5. The number of pyridine rings is 1. The van der Waals surface area contributed by atoms with Gasteiger partial charge < -0.3 is 5.32 Å². The summed E-state index contributed by atoms with van der Waals surface area (Å²) < 4.78 is 0.831. The largest absolute Gasteiger partial charge is 0.339 e. The van der Waals surface area contributed by atoms with Gasteiger partial charge in [0.05, 0.1) is 5.69 Å². The van der Waals surface area contributed by atoms with E-state index in [1.165, 1.54) is 0 Å². The molecule has 0 aliphatic heterocycles. The molecule has 2 aromatic heterocycles. The molecule has 3 aromatic rings. The fourth-order valence-corrected chi connectivity index (χ4v) is 2.80. The molecular weight excluding hydrogens is 387 g/mol. The van der Waals surface area contributed by atoms with Crippen molar-refractivity contribution >= 4 is 50.6 Å². The van der Waals surface area contributed by atoms with Gasteiger partial charge in [0.25, 0.3) is 0 Å². The first-order valence-corrected chi connectivity index (χ1v) is 7.84. The second kappa shape index (κ2) is 6.60. The van der Waals surface area contributed by atoms with Crippen LogP contribution < -0.4 is 5.32 Å². The zero-order valence-electron chi connectivity index (χ0n) is 11.1. The van der Waals surface area contributed by atoms with Gasteiger partial charge in [-0.3, -0.25) is 4.98 Å². The fourth-order valence-electron chi connectivity index (χ4n) is 1.83. The number of anilines is 2. The van der Waals surface area contributed by atoms with Crippen molar-refractivity contribution in [2.45, 2.75) is 0 Å². The van der Waals surface area contributed by atoms with Crippen LogP contribution in [0.1, 0.15) is 0 Å². The number of hydrogen-bond acceptors (Lipinski definition) is 4. The molecule has 0 saturated heterocycles. The van der Waals surface area contributed by atoms with Crippen LogP contribution in [0.25, 0.3) is 11.4 Å². The zero-order chi connectivity index (χ0) is 15.5. The van der Waals surface area contributed by atoms with Crippen molar-refractivity contribution in [2.24, 2.45) is 0 Å². The van der Waals surface area contributed by atoms with E-state index in [1.807, 2.05) is 18.2 Å². The van der Waals surface area contributed by atoms with Crippen LogP contribution in [0.2, 0.25) is 10.2 Å². The molecule has 22 heavy (non-hydrogen) atoms. The Bertz CT molecular complexity index is 812. The first-order chi connectivity index (χ1) is 10.6. The van der Waals surface area contributed by atoms with Gasteiger partial charge in [0, 0.05) is 33.5 Å². The average molecular weight is 396 g/mol. The molecular formula is C15H9BrCl2N4. The topological polar surface area (TPSA) is 50.7 Å². The molecule has 3 rings (SSSR count). The molecule has 0 unspecified atom stereocenters. The Morgan fingerprint density at radius 2 is 1.91 bits per heavy atom. The van der Waals surface area contributed by atoms with Gasteiger partial charge >= 0.3 is 0 Å².